The first-order chi connectivity index (χ1) is 12.5. The van der Waals surface area contributed by atoms with Gasteiger partial charge in [-0.05, 0) is 55.0 Å². The second-order valence-electron chi connectivity index (χ2n) is 6.28. The van der Waals surface area contributed by atoms with Gasteiger partial charge < -0.3 is 10.1 Å². The molecule has 2 aromatic rings. The first kappa shape index (κ1) is 18.5. The average Bonchev–Trinajstić information content (AvgIpc) is 3.03. The fraction of sp³-hybridized carbons (Fsp3) is 0.333. The van der Waals surface area contributed by atoms with Gasteiger partial charge >= 0.3 is 6.03 Å². The molecule has 26 heavy (non-hydrogen) atoms. The van der Waals surface area contributed by atoms with Crippen molar-refractivity contribution in [2.75, 3.05) is 12.4 Å². The molecule has 3 amide bonds. The monoisotopic (exact) mass is 393 g/mol. The van der Waals surface area contributed by atoms with E-state index in [0.717, 1.165) is 19.3 Å². The highest BCUT2D eigenvalue weighted by atomic mass is 35.5. The van der Waals surface area contributed by atoms with Crippen LogP contribution in [0.3, 0.4) is 0 Å². The number of ether oxygens (including phenoxy) is 1. The predicted molar refractivity (Wildman–Crippen MR) is 103 cm³/mol. The van der Waals surface area contributed by atoms with Crippen LogP contribution in [0.1, 0.15) is 33.5 Å². The van der Waals surface area contributed by atoms with Crippen molar-refractivity contribution in [2.45, 2.75) is 26.2 Å². The SMILES string of the molecule is COc1ccc(Cl)cc1NC(=O)NNC(=O)c1cc2c(s1)CC(C)CC2. The van der Waals surface area contributed by atoms with Crippen molar-refractivity contribution in [2.24, 2.45) is 5.92 Å². The number of methoxy groups -OCH3 is 1. The molecule has 1 aromatic carbocycles. The van der Waals surface area contributed by atoms with E-state index in [1.165, 1.54) is 28.9 Å². The van der Waals surface area contributed by atoms with E-state index in [1.807, 2.05) is 6.07 Å². The van der Waals surface area contributed by atoms with Gasteiger partial charge in [0.15, 0.2) is 0 Å². The minimum absolute atomic E-state index is 0.328. The first-order valence-corrected chi connectivity index (χ1v) is 9.48. The highest BCUT2D eigenvalue weighted by Gasteiger charge is 2.21. The number of fused-ring (bicyclic) bond motifs is 1. The lowest BCUT2D eigenvalue weighted by Gasteiger charge is -2.16. The van der Waals surface area contributed by atoms with Crippen LogP contribution in [0.4, 0.5) is 10.5 Å². The minimum Gasteiger partial charge on any atom is -0.495 e. The van der Waals surface area contributed by atoms with Crippen LogP contribution >= 0.6 is 22.9 Å². The summed E-state index contributed by atoms with van der Waals surface area (Å²) in [6.45, 7) is 2.22. The van der Waals surface area contributed by atoms with Gasteiger partial charge in [-0.25, -0.2) is 10.2 Å². The number of hydrazine groups is 1. The molecule has 8 heteroatoms. The number of amides is 3. The molecule has 0 saturated carbocycles. The van der Waals surface area contributed by atoms with Gasteiger partial charge in [0, 0.05) is 9.90 Å². The standard InChI is InChI=1S/C18H20ClN3O3S/c1-10-3-4-11-8-16(26-15(11)7-10)17(23)21-22-18(24)20-13-9-12(19)5-6-14(13)25-2/h5-6,8-10H,3-4,7H2,1-2H3,(H,21,23)(H2,20,22,24). The van der Waals surface area contributed by atoms with Crippen molar-refractivity contribution in [3.05, 3.63) is 44.6 Å². The summed E-state index contributed by atoms with van der Waals surface area (Å²) in [6, 6.07) is 6.20. The lowest BCUT2D eigenvalue weighted by molar-refractivity contribution is 0.0942. The Balaban J connectivity index is 1.58. The molecule has 138 valence electrons. The predicted octanol–water partition coefficient (Wildman–Crippen LogP) is 4.00. The number of carbonyl (C=O) groups is 2. The van der Waals surface area contributed by atoms with Crippen LogP contribution in [0.15, 0.2) is 24.3 Å². The van der Waals surface area contributed by atoms with Crippen LogP contribution in [-0.2, 0) is 12.8 Å². The molecule has 0 saturated heterocycles. The van der Waals surface area contributed by atoms with Crippen molar-refractivity contribution in [3.8, 4) is 5.75 Å². The van der Waals surface area contributed by atoms with Crippen LogP contribution in [0.2, 0.25) is 5.02 Å². The highest BCUT2D eigenvalue weighted by molar-refractivity contribution is 7.14. The molecule has 0 bridgehead atoms. The van der Waals surface area contributed by atoms with Crippen molar-refractivity contribution in [1.29, 1.82) is 0 Å². The molecule has 3 N–H and O–H groups in total. The maximum absolute atomic E-state index is 12.3. The van der Waals surface area contributed by atoms with Crippen LogP contribution < -0.4 is 20.9 Å². The minimum atomic E-state index is -0.589. The summed E-state index contributed by atoms with van der Waals surface area (Å²) in [7, 11) is 1.49. The van der Waals surface area contributed by atoms with E-state index >= 15 is 0 Å². The second kappa shape index (κ2) is 7.97. The number of benzene rings is 1. The van der Waals surface area contributed by atoms with Crippen molar-refractivity contribution < 1.29 is 14.3 Å². The lowest BCUT2D eigenvalue weighted by Crippen LogP contribution is -2.43. The molecule has 0 fully saturated rings. The van der Waals surface area contributed by atoms with Gasteiger partial charge in [0.2, 0.25) is 0 Å². The van der Waals surface area contributed by atoms with E-state index in [4.69, 9.17) is 16.3 Å². The zero-order chi connectivity index (χ0) is 18.7. The maximum Gasteiger partial charge on any atom is 0.338 e. The zero-order valence-electron chi connectivity index (χ0n) is 14.5. The van der Waals surface area contributed by atoms with E-state index in [9.17, 15) is 9.59 Å². The maximum atomic E-state index is 12.3. The highest BCUT2D eigenvalue weighted by Crippen LogP contribution is 2.32. The van der Waals surface area contributed by atoms with Crippen molar-refractivity contribution in [3.63, 3.8) is 0 Å². The van der Waals surface area contributed by atoms with Gasteiger partial charge in [0.05, 0.1) is 17.7 Å². The molecule has 0 radical (unpaired) electrons. The molecular weight excluding hydrogens is 374 g/mol. The topological polar surface area (TPSA) is 79.5 Å². The molecule has 1 aliphatic rings. The van der Waals surface area contributed by atoms with Gasteiger partial charge in [0.25, 0.3) is 5.91 Å². The summed E-state index contributed by atoms with van der Waals surface area (Å²) < 4.78 is 5.16. The van der Waals surface area contributed by atoms with Crippen LogP contribution in [0.5, 0.6) is 5.75 Å². The fourth-order valence-corrected chi connectivity index (χ4v) is 4.33. The van der Waals surface area contributed by atoms with E-state index in [-0.39, 0.29) is 5.91 Å². The summed E-state index contributed by atoms with van der Waals surface area (Å²) >= 11 is 7.42. The molecule has 0 aliphatic heterocycles. The Bertz CT molecular complexity index is 837. The summed E-state index contributed by atoms with van der Waals surface area (Å²) in [5.41, 5.74) is 6.43. The van der Waals surface area contributed by atoms with Crippen LogP contribution in [0.25, 0.3) is 0 Å². The van der Waals surface area contributed by atoms with Gasteiger partial charge in [-0.3, -0.25) is 10.2 Å². The summed E-state index contributed by atoms with van der Waals surface area (Å²) in [6.07, 6.45) is 3.16. The van der Waals surface area contributed by atoms with E-state index in [0.29, 0.717) is 27.3 Å². The number of rotatable bonds is 3. The summed E-state index contributed by atoms with van der Waals surface area (Å²) in [4.78, 5) is 26.2. The number of nitrogens with one attached hydrogen (secondary N) is 3. The molecular formula is C18H20ClN3O3S. The Kier molecular flexibility index (Phi) is 5.68. The Morgan fingerprint density at radius 3 is 2.85 bits per heavy atom. The third-order valence-corrected chi connectivity index (χ3v) is 5.69. The number of urea groups is 1. The number of hydrogen-bond donors (Lipinski definition) is 3. The molecule has 1 aromatic heterocycles. The molecule has 3 rings (SSSR count). The summed E-state index contributed by atoms with van der Waals surface area (Å²) in [5.74, 6) is 0.787. The fourth-order valence-electron chi connectivity index (χ4n) is 2.89. The lowest BCUT2D eigenvalue weighted by atomic mass is 9.90. The van der Waals surface area contributed by atoms with Gasteiger partial charge in [-0.2, -0.15) is 0 Å². The van der Waals surface area contributed by atoms with E-state index < -0.39 is 6.03 Å². The molecule has 1 aliphatic carbocycles. The van der Waals surface area contributed by atoms with Crippen molar-refractivity contribution in [1.82, 2.24) is 10.9 Å². The number of carbonyl (C=O) groups excluding carboxylic acids is 2. The quantitative estimate of drug-likeness (QED) is 0.689. The molecule has 1 atom stereocenters. The van der Waals surface area contributed by atoms with Crippen LogP contribution in [0, 0.1) is 5.92 Å². The Morgan fingerprint density at radius 2 is 2.08 bits per heavy atom. The van der Waals surface area contributed by atoms with E-state index in [1.54, 1.807) is 18.2 Å². The van der Waals surface area contributed by atoms with Crippen molar-refractivity contribution >= 4 is 40.6 Å². The first-order valence-electron chi connectivity index (χ1n) is 8.28. The van der Waals surface area contributed by atoms with Crippen LogP contribution in [-0.4, -0.2) is 19.0 Å². The Hall–Kier alpha value is -2.25. The zero-order valence-corrected chi connectivity index (χ0v) is 16.1. The Morgan fingerprint density at radius 1 is 1.27 bits per heavy atom. The normalized spacial score (nSPS) is 15.7. The third kappa shape index (κ3) is 4.28. The molecule has 0 spiro atoms. The van der Waals surface area contributed by atoms with Gasteiger partial charge in [-0.1, -0.05) is 18.5 Å². The number of aryl methyl sites for hydroxylation is 1. The third-order valence-electron chi connectivity index (χ3n) is 4.26. The number of hydrogen-bond acceptors (Lipinski definition) is 4. The number of anilines is 1. The largest absolute Gasteiger partial charge is 0.495 e. The molecule has 1 heterocycles. The van der Waals surface area contributed by atoms with Gasteiger partial charge in [0.1, 0.15) is 5.75 Å². The average molecular weight is 394 g/mol. The molecule has 1 unspecified atom stereocenters. The Labute approximate surface area is 160 Å². The smallest absolute Gasteiger partial charge is 0.338 e. The number of halogens is 1. The molecule has 6 nitrogen and oxygen atoms in total. The summed E-state index contributed by atoms with van der Waals surface area (Å²) in [5, 5.41) is 3.05. The van der Waals surface area contributed by atoms with E-state index in [2.05, 4.69) is 23.1 Å². The second-order valence-corrected chi connectivity index (χ2v) is 7.86. The van der Waals surface area contributed by atoms with Gasteiger partial charge in [-0.15, -0.1) is 11.3 Å². The number of thiophene rings is 1.